The standard InChI is InChI=1S/C16H25N3O/c1-12-5-4-6-15(13(12)2)18-16(20)11-19(3)14-7-9-17-10-8-14/h4-6,14,17H,7-11H2,1-3H3,(H,18,20). The summed E-state index contributed by atoms with van der Waals surface area (Å²) in [5.41, 5.74) is 3.27. The first kappa shape index (κ1) is 15.0. The lowest BCUT2D eigenvalue weighted by Gasteiger charge is -2.31. The van der Waals surface area contributed by atoms with E-state index in [0.717, 1.165) is 37.2 Å². The van der Waals surface area contributed by atoms with Gasteiger partial charge in [0, 0.05) is 11.7 Å². The number of piperidine rings is 1. The first-order valence-electron chi connectivity index (χ1n) is 7.35. The number of nitrogens with one attached hydrogen (secondary N) is 2. The SMILES string of the molecule is Cc1cccc(NC(=O)CN(C)C2CCNCC2)c1C. The van der Waals surface area contributed by atoms with Crippen LogP contribution in [0.5, 0.6) is 0 Å². The largest absolute Gasteiger partial charge is 0.325 e. The van der Waals surface area contributed by atoms with Gasteiger partial charge in [0.1, 0.15) is 0 Å². The zero-order valence-corrected chi connectivity index (χ0v) is 12.7. The van der Waals surface area contributed by atoms with Crippen LogP contribution in [0.3, 0.4) is 0 Å². The lowest BCUT2D eigenvalue weighted by molar-refractivity contribution is -0.117. The summed E-state index contributed by atoms with van der Waals surface area (Å²) in [6.45, 7) is 6.66. The molecule has 110 valence electrons. The summed E-state index contributed by atoms with van der Waals surface area (Å²) in [4.78, 5) is 14.3. The van der Waals surface area contributed by atoms with Crippen LogP contribution in [0.2, 0.25) is 0 Å². The molecule has 0 unspecified atom stereocenters. The summed E-state index contributed by atoms with van der Waals surface area (Å²) in [7, 11) is 2.04. The molecule has 1 aliphatic rings. The van der Waals surface area contributed by atoms with Crippen LogP contribution in [0.25, 0.3) is 0 Å². The van der Waals surface area contributed by atoms with Crippen molar-refractivity contribution in [3.63, 3.8) is 0 Å². The van der Waals surface area contributed by atoms with Crippen LogP contribution in [-0.4, -0.2) is 43.5 Å². The van der Waals surface area contributed by atoms with Crippen LogP contribution in [0.4, 0.5) is 5.69 Å². The van der Waals surface area contributed by atoms with Crippen molar-refractivity contribution in [3.05, 3.63) is 29.3 Å². The van der Waals surface area contributed by atoms with Crippen molar-refractivity contribution < 1.29 is 4.79 Å². The fourth-order valence-corrected chi connectivity index (χ4v) is 2.68. The van der Waals surface area contributed by atoms with Gasteiger partial charge in [0.05, 0.1) is 6.54 Å². The van der Waals surface area contributed by atoms with E-state index in [9.17, 15) is 4.79 Å². The molecular formula is C16H25N3O. The summed E-state index contributed by atoms with van der Waals surface area (Å²) in [6, 6.07) is 6.52. The van der Waals surface area contributed by atoms with Crippen molar-refractivity contribution in [3.8, 4) is 0 Å². The number of hydrogen-bond acceptors (Lipinski definition) is 3. The Bertz CT molecular complexity index is 467. The van der Waals surface area contributed by atoms with Gasteiger partial charge in [-0.15, -0.1) is 0 Å². The highest BCUT2D eigenvalue weighted by molar-refractivity contribution is 5.93. The molecule has 0 spiro atoms. The molecule has 0 radical (unpaired) electrons. The van der Waals surface area contributed by atoms with Gasteiger partial charge in [-0.2, -0.15) is 0 Å². The number of carbonyl (C=O) groups excluding carboxylic acids is 1. The van der Waals surface area contributed by atoms with E-state index in [0.29, 0.717) is 12.6 Å². The van der Waals surface area contributed by atoms with E-state index in [1.807, 2.05) is 26.1 Å². The molecule has 1 aliphatic heterocycles. The molecule has 0 bridgehead atoms. The van der Waals surface area contributed by atoms with Gasteiger partial charge in [-0.25, -0.2) is 0 Å². The third kappa shape index (κ3) is 3.81. The number of benzene rings is 1. The van der Waals surface area contributed by atoms with Crippen LogP contribution in [-0.2, 0) is 4.79 Å². The molecule has 4 heteroatoms. The summed E-state index contributed by atoms with van der Waals surface area (Å²) < 4.78 is 0. The second-order valence-corrected chi connectivity index (χ2v) is 5.69. The van der Waals surface area contributed by atoms with Gasteiger partial charge in [-0.3, -0.25) is 9.69 Å². The number of hydrogen-bond donors (Lipinski definition) is 2. The highest BCUT2D eigenvalue weighted by Gasteiger charge is 2.19. The molecule has 0 atom stereocenters. The highest BCUT2D eigenvalue weighted by Crippen LogP contribution is 2.18. The first-order chi connectivity index (χ1) is 9.58. The molecule has 20 heavy (non-hydrogen) atoms. The third-order valence-corrected chi connectivity index (χ3v) is 4.20. The average molecular weight is 275 g/mol. The summed E-state index contributed by atoms with van der Waals surface area (Å²) in [5, 5.41) is 6.37. The Hall–Kier alpha value is -1.39. The zero-order chi connectivity index (χ0) is 14.5. The maximum atomic E-state index is 12.2. The fraction of sp³-hybridized carbons (Fsp3) is 0.562. The van der Waals surface area contributed by atoms with E-state index >= 15 is 0 Å². The molecular weight excluding hydrogens is 250 g/mol. The van der Waals surface area contributed by atoms with Gasteiger partial charge in [0.15, 0.2) is 0 Å². The van der Waals surface area contributed by atoms with Crippen molar-refractivity contribution in [1.82, 2.24) is 10.2 Å². The number of rotatable bonds is 4. The molecule has 0 aromatic heterocycles. The lowest BCUT2D eigenvalue weighted by atomic mass is 10.1. The highest BCUT2D eigenvalue weighted by atomic mass is 16.2. The normalized spacial score (nSPS) is 16.4. The predicted octanol–water partition coefficient (Wildman–Crippen LogP) is 1.93. The number of nitrogens with zero attached hydrogens (tertiary/aromatic N) is 1. The average Bonchev–Trinajstić information content (AvgIpc) is 2.45. The molecule has 1 saturated heterocycles. The maximum absolute atomic E-state index is 12.2. The maximum Gasteiger partial charge on any atom is 0.238 e. The number of carbonyl (C=O) groups is 1. The zero-order valence-electron chi connectivity index (χ0n) is 12.7. The van der Waals surface area contributed by atoms with Gasteiger partial charge < -0.3 is 10.6 Å². The van der Waals surface area contributed by atoms with E-state index < -0.39 is 0 Å². The lowest BCUT2D eigenvalue weighted by Crippen LogP contribution is -2.44. The number of aryl methyl sites for hydroxylation is 1. The predicted molar refractivity (Wildman–Crippen MR) is 83.1 cm³/mol. The second-order valence-electron chi connectivity index (χ2n) is 5.69. The minimum absolute atomic E-state index is 0.0692. The number of likely N-dealkylation sites (N-methyl/N-ethyl adjacent to an activating group) is 1. The van der Waals surface area contributed by atoms with Crippen molar-refractivity contribution in [2.24, 2.45) is 0 Å². The third-order valence-electron chi connectivity index (χ3n) is 4.20. The molecule has 1 fully saturated rings. The van der Waals surface area contributed by atoms with E-state index in [1.54, 1.807) is 0 Å². The monoisotopic (exact) mass is 275 g/mol. The van der Waals surface area contributed by atoms with E-state index in [2.05, 4.69) is 28.5 Å². The quantitative estimate of drug-likeness (QED) is 0.882. The molecule has 4 nitrogen and oxygen atoms in total. The Balaban J connectivity index is 1.90. The van der Waals surface area contributed by atoms with Gasteiger partial charge in [0.25, 0.3) is 0 Å². The molecule has 2 N–H and O–H groups in total. The van der Waals surface area contributed by atoms with Crippen LogP contribution in [0.1, 0.15) is 24.0 Å². The van der Waals surface area contributed by atoms with Gasteiger partial charge in [0.2, 0.25) is 5.91 Å². The minimum atomic E-state index is 0.0692. The molecule has 0 saturated carbocycles. The Morgan fingerprint density at radius 2 is 2.05 bits per heavy atom. The molecule has 1 amide bonds. The van der Waals surface area contributed by atoms with Crippen LogP contribution < -0.4 is 10.6 Å². The van der Waals surface area contributed by atoms with Gasteiger partial charge >= 0.3 is 0 Å². The summed E-state index contributed by atoms with van der Waals surface area (Å²) in [6.07, 6.45) is 2.24. The smallest absolute Gasteiger partial charge is 0.238 e. The molecule has 1 aromatic rings. The molecule has 2 rings (SSSR count). The molecule has 1 aromatic carbocycles. The Labute approximate surface area is 121 Å². The second kappa shape index (κ2) is 6.86. The minimum Gasteiger partial charge on any atom is -0.325 e. The first-order valence-corrected chi connectivity index (χ1v) is 7.35. The van der Waals surface area contributed by atoms with Crippen LogP contribution in [0.15, 0.2) is 18.2 Å². The molecule has 0 aliphatic carbocycles. The topological polar surface area (TPSA) is 44.4 Å². The fourth-order valence-electron chi connectivity index (χ4n) is 2.68. The van der Waals surface area contributed by atoms with E-state index in [-0.39, 0.29) is 5.91 Å². The van der Waals surface area contributed by atoms with E-state index in [4.69, 9.17) is 0 Å². The Morgan fingerprint density at radius 3 is 2.75 bits per heavy atom. The van der Waals surface area contributed by atoms with Gasteiger partial charge in [-0.05, 0) is 64.0 Å². The van der Waals surface area contributed by atoms with Crippen molar-refractivity contribution in [2.45, 2.75) is 32.7 Å². The summed E-state index contributed by atoms with van der Waals surface area (Å²) in [5.74, 6) is 0.0692. The van der Waals surface area contributed by atoms with Gasteiger partial charge in [-0.1, -0.05) is 12.1 Å². The number of amides is 1. The van der Waals surface area contributed by atoms with E-state index in [1.165, 1.54) is 5.56 Å². The molecule has 1 heterocycles. The van der Waals surface area contributed by atoms with Crippen molar-refractivity contribution in [1.29, 1.82) is 0 Å². The summed E-state index contributed by atoms with van der Waals surface area (Å²) >= 11 is 0. The number of anilines is 1. The Morgan fingerprint density at radius 1 is 1.35 bits per heavy atom. The Kier molecular flexibility index (Phi) is 5.15. The van der Waals surface area contributed by atoms with Crippen molar-refractivity contribution >= 4 is 11.6 Å². The van der Waals surface area contributed by atoms with Crippen LogP contribution >= 0.6 is 0 Å². The van der Waals surface area contributed by atoms with Crippen LogP contribution in [0, 0.1) is 13.8 Å². The van der Waals surface area contributed by atoms with Crippen molar-refractivity contribution in [2.75, 3.05) is 32.0 Å².